The second kappa shape index (κ2) is 7.45. The first-order valence-corrected chi connectivity index (χ1v) is 11.4. The van der Waals surface area contributed by atoms with Crippen molar-refractivity contribution in [1.29, 1.82) is 0 Å². The second-order valence-corrected chi connectivity index (χ2v) is 9.38. The van der Waals surface area contributed by atoms with Gasteiger partial charge < -0.3 is 4.90 Å². The van der Waals surface area contributed by atoms with Crippen LogP contribution in [0.25, 0.3) is 16.9 Å². The molecule has 1 saturated heterocycles. The number of carbonyl (C=O) groups excluding carboxylic acids is 1. The van der Waals surface area contributed by atoms with Crippen LogP contribution in [-0.4, -0.2) is 38.0 Å². The zero-order chi connectivity index (χ0) is 21.0. The van der Waals surface area contributed by atoms with E-state index in [1.54, 1.807) is 22.7 Å². The summed E-state index contributed by atoms with van der Waals surface area (Å²) in [6.45, 7) is 5.02. The summed E-state index contributed by atoms with van der Waals surface area (Å²) < 4.78 is 16.8. The number of hydrogen-bond acceptors (Lipinski definition) is 3. The van der Waals surface area contributed by atoms with E-state index in [0.717, 1.165) is 12.2 Å². The van der Waals surface area contributed by atoms with Crippen LogP contribution in [0.15, 0.2) is 34.8 Å². The summed E-state index contributed by atoms with van der Waals surface area (Å²) in [5, 5.41) is 4.58. The minimum Gasteiger partial charge on any atom is -0.334 e. The Bertz CT molecular complexity index is 1140. The largest absolute Gasteiger partial charge is 0.334 e. The number of aromatic nitrogens is 3. The van der Waals surface area contributed by atoms with E-state index in [0.29, 0.717) is 45.3 Å². The molecular weight excluding hydrogens is 447 g/mol. The van der Waals surface area contributed by atoms with Gasteiger partial charge in [0.15, 0.2) is 5.65 Å². The molecule has 2 aromatic heterocycles. The molecule has 5 nitrogen and oxygen atoms in total. The number of halogens is 2. The lowest BCUT2D eigenvalue weighted by Gasteiger charge is -2.24. The standard InChI is InChI=1S/C23H24BrFN4O/c1-3-16-10-21(23(30)28-12-14-5-4-6-17(14)13(28)2)26-22-11-20(27-29(16)22)18-8-7-15(24)9-19(18)25/h7-11,13-14,17H,3-6,12H2,1-2H3. The number of nitrogens with zero attached hydrogens (tertiary/aromatic N) is 4. The van der Waals surface area contributed by atoms with Crippen molar-refractivity contribution < 1.29 is 9.18 Å². The molecule has 0 spiro atoms. The van der Waals surface area contributed by atoms with Crippen LogP contribution in [0.4, 0.5) is 4.39 Å². The SMILES string of the molecule is CCc1cc(C(=O)N2CC3CCCC3C2C)nc2cc(-c3ccc(Br)cc3F)nn12. The molecule has 1 aromatic carbocycles. The molecule has 1 aliphatic carbocycles. The van der Waals surface area contributed by atoms with Crippen LogP contribution >= 0.6 is 15.9 Å². The van der Waals surface area contributed by atoms with Crippen molar-refractivity contribution in [3.8, 4) is 11.3 Å². The fraction of sp³-hybridized carbons (Fsp3) is 0.435. The molecule has 2 aliphatic rings. The van der Waals surface area contributed by atoms with Crippen LogP contribution in [0.1, 0.15) is 49.3 Å². The van der Waals surface area contributed by atoms with E-state index in [9.17, 15) is 9.18 Å². The number of likely N-dealkylation sites (tertiary alicyclic amines) is 1. The summed E-state index contributed by atoms with van der Waals surface area (Å²) in [6.07, 6.45) is 4.41. The first-order valence-electron chi connectivity index (χ1n) is 10.6. The first kappa shape index (κ1) is 19.7. The van der Waals surface area contributed by atoms with E-state index in [2.05, 4.69) is 32.9 Å². The highest BCUT2D eigenvalue weighted by Crippen LogP contribution is 2.42. The highest BCUT2D eigenvalue weighted by atomic mass is 79.9. The molecule has 7 heteroatoms. The molecule has 3 unspecified atom stereocenters. The molecule has 3 aromatic rings. The Kier molecular flexibility index (Phi) is 4.88. The maximum absolute atomic E-state index is 14.5. The average Bonchev–Trinajstić information content (AvgIpc) is 3.42. The van der Waals surface area contributed by atoms with Crippen LogP contribution < -0.4 is 0 Å². The lowest BCUT2D eigenvalue weighted by atomic mass is 9.95. The smallest absolute Gasteiger partial charge is 0.272 e. The summed E-state index contributed by atoms with van der Waals surface area (Å²) in [6, 6.07) is 8.76. The minimum atomic E-state index is -0.348. The highest BCUT2D eigenvalue weighted by molar-refractivity contribution is 9.10. The molecule has 5 rings (SSSR count). The normalized spacial score (nSPS) is 23.3. The van der Waals surface area contributed by atoms with Gasteiger partial charge in [0.1, 0.15) is 11.5 Å². The van der Waals surface area contributed by atoms with Gasteiger partial charge in [-0.3, -0.25) is 4.79 Å². The van der Waals surface area contributed by atoms with E-state index in [1.165, 1.54) is 25.3 Å². The Morgan fingerprint density at radius 1 is 1.27 bits per heavy atom. The maximum Gasteiger partial charge on any atom is 0.272 e. The van der Waals surface area contributed by atoms with Crippen molar-refractivity contribution in [3.05, 3.63) is 52.0 Å². The Morgan fingerprint density at radius 2 is 2.10 bits per heavy atom. The zero-order valence-corrected chi connectivity index (χ0v) is 18.7. The molecular formula is C23H24BrFN4O. The van der Waals surface area contributed by atoms with Gasteiger partial charge in [0.25, 0.3) is 5.91 Å². The fourth-order valence-corrected chi connectivity index (χ4v) is 5.55. The number of rotatable bonds is 3. The zero-order valence-electron chi connectivity index (χ0n) is 17.1. The van der Waals surface area contributed by atoms with Crippen molar-refractivity contribution >= 4 is 27.5 Å². The summed E-state index contributed by atoms with van der Waals surface area (Å²) in [7, 11) is 0. The number of hydrogen-bond donors (Lipinski definition) is 0. The number of benzene rings is 1. The van der Waals surface area contributed by atoms with Crippen LogP contribution in [0, 0.1) is 17.7 Å². The molecule has 1 aliphatic heterocycles. The summed E-state index contributed by atoms with van der Waals surface area (Å²) >= 11 is 3.29. The Morgan fingerprint density at radius 3 is 2.83 bits per heavy atom. The van der Waals surface area contributed by atoms with Gasteiger partial charge in [-0.25, -0.2) is 13.9 Å². The molecule has 1 amide bonds. The lowest BCUT2D eigenvalue weighted by Crippen LogP contribution is -2.36. The van der Waals surface area contributed by atoms with Crippen molar-refractivity contribution in [3.63, 3.8) is 0 Å². The van der Waals surface area contributed by atoms with Gasteiger partial charge in [-0.2, -0.15) is 5.10 Å². The second-order valence-electron chi connectivity index (χ2n) is 8.46. The predicted molar refractivity (Wildman–Crippen MR) is 117 cm³/mol. The fourth-order valence-electron chi connectivity index (χ4n) is 5.22. The number of amides is 1. The van der Waals surface area contributed by atoms with Gasteiger partial charge in [0.2, 0.25) is 0 Å². The van der Waals surface area contributed by atoms with Gasteiger partial charge in [-0.15, -0.1) is 0 Å². The monoisotopic (exact) mass is 470 g/mol. The third-order valence-electron chi connectivity index (χ3n) is 6.81. The molecule has 1 saturated carbocycles. The molecule has 0 radical (unpaired) electrons. The molecule has 0 N–H and O–H groups in total. The number of aryl methyl sites for hydroxylation is 1. The van der Waals surface area contributed by atoms with Crippen molar-refractivity contribution in [2.75, 3.05) is 6.54 Å². The quantitative estimate of drug-likeness (QED) is 0.533. The Balaban J connectivity index is 1.53. The van der Waals surface area contributed by atoms with Crippen molar-refractivity contribution in [2.45, 2.75) is 45.6 Å². The van der Waals surface area contributed by atoms with Crippen LogP contribution in [-0.2, 0) is 6.42 Å². The van der Waals surface area contributed by atoms with E-state index < -0.39 is 0 Å². The van der Waals surface area contributed by atoms with Gasteiger partial charge in [-0.05, 0) is 62.3 Å². The van der Waals surface area contributed by atoms with E-state index in [1.807, 2.05) is 17.9 Å². The topological polar surface area (TPSA) is 50.5 Å². The molecule has 3 heterocycles. The van der Waals surface area contributed by atoms with Crippen LogP contribution in [0.5, 0.6) is 0 Å². The van der Waals surface area contributed by atoms with Crippen LogP contribution in [0.3, 0.4) is 0 Å². The summed E-state index contributed by atoms with van der Waals surface area (Å²) in [5.74, 6) is 0.886. The molecule has 3 atom stereocenters. The third-order valence-corrected chi connectivity index (χ3v) is 7.30. The first-order chi connectivity index (χ1) is 14.5. The summed E-state index contributed by atoms with van der Waals surface area (Å²) in [4.78, 5) is 20.0. The number of carbonyl (C=O) groups is 1. The van der Waals surface area contributed by atoms with Crippen molar-refractivity contribution in [2.24, 2.45) is 11.8 Å². The number of fused-ring (bicyclic) bond motifs is 2. The maximum atomic E-state index is 14.5. The van der Waals surface area contributed by atoms with Gasteiger partial charge in [-0.1, -0.05) is 29.3 Å². The minimum absolute atomic E-state index is 0.00771. The highest BCUT2D eigenvalue weighted by Gasteiger charge is 2.44. The third kappa shape index (κ3) is 3.14. The predicted octanol–water partition coefficient (Wildman–Crippen LogP) is 5.12. The molecule has 0 bridgehead atoms. The van der Waals surface area contributed by atoms with Gasteiger partial charge >= 0.3 is 0 Å². The molecule has 156 valence electrons. The Labute approximate surface area is 183 Å². The molecule has 2 fully saturated rings. The average molecular weight is 471 g/mol. The summed E-state index contributed by atoms with van der Waals surface area (Å²) in [5.41, 5.74) is 2.84. The van der Waals surface area contributed by atoms with E-state index in [4.69, 9.17) is 0 Å². The van der Waals surface area contributed by atoms with E-state index >= 15 is 0 Å². The van der Waals surface area contributed by atoms with Gasteiger partial charge in [0, 0.05) is 34.4 Å². The van der Waals surface area contributed by atoms with Crippen LogP contribution in [0.2, 0.25) is 0 Å². The van der Waals surface area contributed by atoms with Gasteiger partial charge in [0.05, 0.1) is 5.69 Å². The van der Waals surface area contributed by atoms with E-state index in [-0.39, 0.29) is 17.8 Å². The Hall–Kier alpha value is -2.28. The molecule has 30 heavy (non-hydrogen) atoms. The van der Waals surface area contributed by atoms with Crippen molar-refractivity contribution in [1.82, 2.24) is 19.5 Å². The lowest BCUT2D eigenvalue weighted by molar-refractivity contribution is 0.0720.